The molecule has 82 valence electrons. The number of halogens is 2. The zero-order chi connectivity index (χ0) is 11.3. The molecule has 1 rings (SSSR count). The molecule has 3 heteroatoms. The summed E-state index contributed by atoms with van der Waals surface area (Å²) in [5.74, 6) is 0. The Morgan fingerprint density at radius 1 is 1.07 bits per heavy atom. The average molecular weight is 244 g/mol. The van der Waals surface area contributed by atoms with Crippen LogP contribution in [-0.4, -0.2) is 18.0 Å². The lowest BCUT2D eigenvalue weighted by atomic mass is 10.2. The van der Waals surface area contributed by atoms with Gasteiger partial charge in [-0.05, 0) is 19.4 Å². The minimum absolute atomic E-state index is 0.612. The molecule has 1 aromatic carbocycles. The molecule has 0 heterocycles. The summed E-state index contributed by atoms with van der Waals surface area (Å²) in [4.78, 5) is 2.02. The van der Waals surface area contributed by atoms with E-state index < -0.39 is 0 Å². The van der Waals surface area contributed by atoms with Crippen LogP contribution in [0.3, 0.4) is 0 Å². The summed E-state index contributed by atoms with van der Waals surface area (Å²) in [6, 6.07) is 9.76. The van der Waals surface area contributed by atoms with E-state index >= 15 is 0 Å². The molecule has 0 aliphatic heterocycles. The second-order valence-electron chi connectivity index (χ2n) is 3.14. The van der Waals surface area contributed by atoms with Crippen molar-refractivity contribution < 1.29 is 0 Å². The number of hydrogen-bond donors (Lipinski definition) is 0. The molecule has 1 nitrogen and oxygen atoms in total. The van der Waals surface area contributed by atoms with E-state index in [0.29, 0.717) is 10.2 Å². The molecule has 0 saturated heterocycles. The molecule has 0 bridgehead atoms. The van der Waals surface area contributed by atoms with E-state index in [0.717, 1.165) is 18.7 Å². The van der Waals surface area contributed by atoms with Crippen molar-refractivity contribution in [2.24, 2.45) is 0 Å². The third-order valence-electron chi connectivity index (χ3n) is 2.25. The Morgan fingerprint density at radius 3 is 2.07 bits per heavy atom. The molecule has 15 heavy (non-hydrogen) atoms. The molecule has 0 fully saturated rings. The normalized spacial score (nSPS) is 12.3. The van der Waals surface area contributed by atoms with E-state index in [1.165, 1.54) is 0 Å². The standard InChI is InChI=1S/C12H15Cl2N/c1-3-15(4-2)12(14)11(13)10-8-6-5-7-9-10/h5-9H,3-4H2,1-2H3/b12-11-. The van der Waals surface area contributed by atoms with Gasteiger partial charge in [0.25, 0.3) is 0 Å². The average Bonchev–Trinajstić information content (AvgIpc) is 2.30. The van der Waals surface area contributed by atoms with E-state index in [1.54, 1.807) is 0 Å². The quantitative estimate of drug-likeness (QED) is 0.719. The maximum atomic E-state index is 6.21. The van der Waals surface area contributed by atoms with E-state index in [9.17, 15) is 0 Å². The van der Waals surface area contributed by atoms with Crippen molar-refractivity contribution in [1.29, 1.82) is 0 Å². The van der Waals surface area contributed by atoms with Crippen LogP contribution in [0.2, 0.25) is 0 Å². The largest absolute Gasteiger partial charge is 0.362 e. The molecule has 0 aliphatic carbocycles. The Morgan fingerprint density at radius 2 is 1.60 bits per heavy atom. The third-order valence-corrected chi connectivity index (χ3v) is 3.17. The summed E-state index contributed by atoms with van der Waals surface area (Å²) in [6.07, 6.45) is 0. The van der Waals surface area contributed by atoms with E-state index in [2.05, 4.69) is 13.8 Å². The zero-order valence-electron chi connectivity index (χ0n) is 9.00. The van der Waals surface area contributed by atoms with Gasteiger partial charge in [0.05, 0.1) is 5.03 Å². The number of rotatable bonds is 4. The van der Waals surface area contributed by atoms with Gasteiger partial charge in [-0.15, -0.1) is 0 Å². The number of hydrogen-bond acceptors (Lipinski definition) is 1. The topological polar surface area (TPSA) is 3.24 Å². The van der Waals surface area contributed by atoms with Crippen molar-refractivity contribution in [3.8, 4) is 0 Å². The minimum Gasteiger partial charge on any atom is -0.362 e. The molecule has 0 aliphatic rings. The highest BCUT2D eigenvalue weighted by molar-refractivity contribution is 6.54. The van der Waals surface area contributed by atoms with Gasteiger partial charge in [0.1, 0.15) is 5.16 Å². The first-order valence-electron chi connectivity index (χ1n) is 5.06. The summed E-state index contributed by atoms with van der Waals surface area (Å²) in [7, 11) is 0. The molecule has 0 amide bonds. The fraction of sp³-hybridized carbons (Fsp3) is 0.333. The van der Waals surface area contributed by atoms with Crippen LogP contribution < -0.4 is 0 Å². The van der Waals surface area contributed by atoms with Gasteiger partial charge in [0, 0.05) is 13.1 Å². The van der Waals surface area contributed by atoms with E-state index in [-0.39, 0.29) is 0 Å². The molecule has 0 radical (unpaired) electrons. The van der Waals surface area contributed by atoms with Crippen LogP contribution in [0.15, 0.2) is 35.5 Å². The summed E-state index contributed by atoms with van der Waals surface area (Å²) in [6.45, 7) is 5.83. The molecule has 0 unspecified atom stereocenters. The van der Waals surface area contributed by atoms with Crippen LogP contribution in [-0.2, 0) is 0 Å². The monoisotopic (exact) mass is 243 g/mol. The summed E-state index contributed by atoms with van der Waals surface area (Å²) in [5.41, 5.74) is 0.955. The van der Waals surface area contributed by atoms with Crippen LogP contribution in [0.5, 0.6) is 0 Å². The van der Waals surface area contributed by atoms with Crippen molar-refractivity contribution in [1.82, 2.24) is 4.90 Å². The molecule has 0 saturated carbocycles. The van der Waals surface area contributed by atoms with Gasteiger partial charge in [0.2, 0.25) is 0 Å². The van der Waals surface area contributed by atoms with E-state index in [4.69, 9.17) is 23.2 Å². The molecule has 0 N–H and O–H groups in total. The van der Waals surface area contributed by atoms with Crippen molar-refractivity contribution in [2.45, 2.75) is 13.8 Å². The smallest absolute Gasteiger partial charge is 0.124 e. The minimum atomic E-state index is 0.612. The lowest BCUT2D eigenvalue weighted by molar-refractivity contribution is 0.409. The van der Waals surface area contributed by atoms with Crippen molar-refractivity contribution in [2.75, 3.05) is 13.1 Å². The van der Waals surface area contributed by atoms with Gasteiger partial charge in [-0.1, -0.05) is 53.5 Å². The third kappa shape index (κ3) is 3.15. The van der Waals surface area contributed by atoms with Crippen LogP contribution in [0, 0.1) is 0 Å². The summed E-state index contributed by atoms with van der Waals surface area (Å²) < 4.78 is 0. The predicted octanol–water partition coefficient (Wildman–Crippen LogP) is 4.13. The van der Waals surface area contributed by atoms with Crippen LogP contribution in [0.4, 0.5) is 0 Å². The predicted molar refractivity (Wildman–Crippen MR) is 68.0 cm³/mol. The fourth-order valence-electron chi connectivity index (χ4n) is 1.34. The summed E-state index contributed by atoms with van der Waals surface area (Å²) in [5, 5.41) is 1.23. The first-order valence-corrected chi connectivity index (χ1v) is 5.81. The highest BCUT2D eigenvalue weighted by atomic mass is 35.5. The lowest BCUT2D eigenvalue weighted by Gasteiger charge is -2.20. The highest BCUT2D eigenvalue weighted by Crippen LogP contribution is 2.27. The van der Waals surface area contributed by atoms with Crippen molar-refractivity contribution in [3.05, 3.63) is 41.1 Å². The van der Waals surface area contributed by atoms with E-state index in [1.807, 2.05) is 35.2 Å². The van der Waals surface area contributed by atoms with Crippen LogP contribution >= 0.6 is 23.2 Å². The Hall–Kier alpha value is -0.660. The molecular weight excluding hydrogens is 229 g/mol. The highest BCUT2D eigenvalue weighted by Gasteiger charge is 2.09. The first kappa shape index (κ1) is 12.4. The van der Waals surface area contributed by atoms with Crippen molar-refractivity contribution in [3.63, 3.8) is 0 Å². The van der Waals surface area contributed by atoms with Gasteiger partial charge < -0.3 is 4.90 Å². The van der Waals surface area contributed by atoms with Gasteiger partial charge in [-0.2, -0.15) is 0 Å². The Balaban J connectivity index is 2.99. The molecule has 0 spiro atoms. The van der Waals surface area contributed by atoms with Gasteiger partial charge >= 0.3 is 0 Å². The number of nitrogens with zero attached hydrogens (tertiary/aromatic N) is 1. The second-order valence-corrected chi connectivity index (χ2v) is 3.88. The van der Waals surface area contributed by atoms with Crippen LogP contribution in [0.1, 0.15) is 19.4 Å². The Labute approximate surface area is 101 Å². The van der Waals surface area contributed by atoms with Crippen LogP contribution in [0.25, 0.3) is 5.03 Å². The van der Waals surface area contributed by atoms with Gasteiger partial charge in [-0.3, -0.25) is 0 Å². The molecular formula is C12H15Cl2N. The maximum Gasteiger partial charge on any atom is 0.124 e. The lowest BCUT2D eigenvalue weighted by Crippen LogP contribution is -2.19. The SMILES string of the molecule is CCN(CC)/C(Cl)=C(\Cl)c1ccccc1. The van der Waals surface area contributed by atoms with Gasteiger partial charge in [-0.25, -0.2) is 0 Å². The maximum absolute atomic E-state index is 6.21. The van der Waals surface area contributed by atoms with Crippen molar-refractivity contribution >= 4 is 28.2 Å². The second kappa shape index (κ2) is 6.04. The number of benzene rings is 1. The zero-order valence-corrected chi connectivity index (χ0v) is 10.5. The Kier molecular flexibility index (Phi) is 5.00. The molecule has 0 atom stereocenters. The molecule has 1 aromatic rings. The first-order chi connectivity index (χ1) is 7.20. The summed E-state index contributed by atoms with van der Waals surface area (Å²) >= 11 is 12.4. The van der Waals surface area contributed by atoms with Gasteiger partial charge in [0.15, 0.2) is 0 Å². The molecule has 0 aromatic heterocycles. The fourth-order valence-corrected chi connectivity index (χ4v) is 1.94. The Bertz CT molecular complexity index is 329.